The van der Waals surface area contributed by atoms with E-state index in [-0.39, 0.29) is 5.25 Å². The first kappa shape index (κ1) is 19.4. The Morgan fingerprint density at radius 1 is 1.04 bits per heavy atom. The molecule has 0 radical (unpaired) electrons. The molecule has 1 aliphatic carbocycles. The van der Waals surface area contributed by atoms with Crippen LogP contribution in [0, 0.1) is 13.8 Å². The van der Waals surface area contributed by atoms with Crippen molar-refractivity contribution in [2.45, 2.75) is 49.9 Å². The van der Waals surface area contributed by atoms with Crippen LogP contribution in [0.1, 0.15) is 36.8 Å². The molecule has 4 nitrogen and oxygen atoms in total. The van der Waals surface area contributed by atoms with Crippen LogP contribution in [-0.4, -0.2) is 25.8 Å². The van der Waals surface area contributed by atoms with E-state index in [1.807, 2.05) is 24.3 Å². The molecule has 144 valence electrons. The van der Waals surface area contributed by atoms with Crippen molar-refractivity contribution in [3.05, 3.63) is 58.1 Å². The SMILES string of the molecule is Cc1cc(C)cc(-n2c(SC3CCCCC3=O)nnc2-c2ccc(Br)cc2)c1. The number of hydrogen-bond donors (Lipinski definition) is 0. The second-order valence-corrected chi connectivity index (χ2v) is 9.40. The van der Waals surface area contributed by atoms with Gasteiger partial charge in [0, 0.05) is 16.5 Å². The van der Waals surface area contributed by atoms with Crippen molar-refractivity contribution < 1.29 is 4.79 Å². The summed E-state index contributed by atoms with van der Waals surface area (Å²) in [5.41, 5.74) is 4.41. The van der Waals surface area contributed by atoms with Gasteiger partial charge in [-0.25, -0.2) is 0 Å². The molecule has 0 aliphatic heterocycles. The highest BCUT2D eigenvalue weighted by atomic mass is 79.9. The summed E-state index contributed by atoms with van der Waals surface area (Å²) < 4.78 is 3.12. The molecule has 1 unspecified atom stereocenters. The highest BCUT2D eigenvalue weighted by molar-refractivity contribution is 9.10. The van der Waals surface area contributed by atoms with E-state index in [4.69, 9.17) is 0 Å². The van der Waals surface area contributed by atoms with Crippen LogP contribution in [0.3, 0.4) is 0 Å². The van der Waals surface area contributed by atoms with Crippen LogP contribution in [0.2, 0.25) is 0 Å². The molecule has 1 saturated carbocycles. The maximum absolute atomic E-state index is 12.4. The normalized spacial score (nSPS) is 17.1. The van der Waals surface area contributed by atoms with Gasteiger partial charge in [0.25, 0.3) is 0 Å². The van der Waals surface area contributed by atoms with Gasteiger partial charge < -0.3 is 0 Å². The Morgan fingerprint density at radius 2 is 1.75 bits per heavy atom. The third-order valence-corrected chi connectivity index (χ3v) is 6.73. The number of hydrogen-bond acceptors (Lipinski definition) is 4. The van der Waals surface area contributed by atoms with E-state index in [0.29, 0.717) is 12.2 Å². The van der Waals surface area contributed by atoms with Crippen molar-refractivity contribution in [2.75, 3.05) is 0 Å². The number of Topliss-reactive ketones (excluding diaryl/α,β-unsaturated/α-hetero) is 1. The Bertz CT molecular complexity index is 993. The monoisotopic (exact) mass is 455 g/mol. The number of halogens is 1. The molecule has 1 aliphatic rings. The van der Waals surface area contributed by atoms with Crippen LogP contribution in [0.25, 0.3) is 17.1 Å². The van der Waals surface area contributed by atoms with Crippen LogP contribution in [0.5, 0.6) is 0 Å². The van der Waals surface area contributed by atoms with Gasteiger partial charge in [-0.05, 0) is 62.1 Å². The van der Waals surface area contributed by atoms with Crippen molar-refractivity contribution in [1.29, 1.82) is 0 Å². The average Bonchev–Trinajstić information content (AvgIpc) is 3.07. The number of rotatable bonds is 4. The Hall–Kier alpha value is -1.92. The van der Waals surface area contributed by atoms with Gasteiger partial charge >= 0.3 is 0 Å². The molecule has 4 rings (SSSR count). The molecule has 0 saturated heterocycles. The number of carbonyl (C=O) groups is 1. The minimum atomic E-state index is -0.0274. The van der Waals surface area contributed by atoms with Crippen LogP contribution in [0.15, 0.2) is 52.1 Å². The first-order valence-corrected chi connectivity index (χ1v) is 11.2. The molecule has 0 bridgehead atoms. The summed E-state index contributed by atoms with van der Waals surface area (Å²) in [7, 11) is 0. The summed E-state index contributed by atoms with van der Waals surface area (Å²) in [5, 5.41) is 9.75. The van der Waals surface area contributed by atoms with E-state index >= 15 is 0 Å². The highest BCUT2D eigenvalue weighted by Crippen LogP contribution is 2.35. The van der Waals surface area contributed by atoms with E-state index in [9.17, 15) is 4.79 Å². The maximum atomic E-state index is 12.4. The van der Waals surface area contributed by atoms with Crippen LogP contribution in [-0.2, 0) is 4.79 Å². The van der Waals surface area contributed by atoms with E-state index in [1.54, 1.807) is 11.8 Å². The number of aromatic nitrogens is 3. The molecule has 0 amide bonds. The number of carbonyl (C=O) groups excluding carboxylic acids is 1. The fourth-order valence-electron chi connectivity index (χ4n) is 3.65. The van der Waals surface area contributed by atoms with E-state index in [0.717, 1.165) is 46.0 Å². The molecule has 2 aromatic carbocycles. The van der Waals surface area contributed by atoms with Gasteiger partial charge in [0.05, 0.1) is 10.9 Å². The molecule has 3 aromatic rings. The number of nitrogens with zero attached hydrogens (tertiary/aromatic N) is 3. The largest absolute Gasteiger partial charge is 0.298 e. The minimum Gasteiger partial charge on any atom is -0.298 e. The highest BCUT2D eigenvalue weighted by Gasteiger charge is 2.27. The predicted molar refractivity (Wildman–Crippen MR) is 117 cm³/mol. The lowest BCUT2D eigenvalue weighted by molar-refractivity contribution is -0.119. The van der Waals surface area contributed by atoms with Crippen LogP contribution < -0.4 is 0 Å². The molecule has 1 atom stereocenters. The van der Waals surface area contributed by atoms with Gasteiger partial charge in [0.2, 0.25) is 0 Å². The smallest absolute Gasteiger partial charge is 0.196 e. The second kappa shape index (κ2) is 8.21. The Labute approximate surface area is 177 Å². The van der Waals surface area contributed by atoms with Gasteiger partial charge in [-0.1, -0.05) is 52.3 Å². The Balaban J connectivity index is 1.82. The van der Waals surface area contributed by atoms with E-state index < -0.39 is 0 Å². The zero-order chi connectivity index (χ0) is 19.7. The van der Waals surface area contributed by atoms with Gasteiger partial charge in [0.15, 0.2) is 11.0 Å². The summed E-state index contributed by atoms with van der Waals surface area (Å²) in [4.78, 5) is 12.4. The fourth-order valence-corrected chi connectivity index (χ4v) is 5.09. The molecule has 1 fully saturated rings. The third kappa shape index (κ3) is 4.08. The van der Waals surface area contributed by atoms with Gasteiger partial charge in [0.1, 0.15) is 5.78 Å². The molecule has 6 heteroatoms. The van der Waals surface area contributed by atoms with Crippen molar-refractivity contribution >= 4 is 33.5 Å². The molecule has 0 spiro atoms. The first-order chi connectivity index (χ1) is 13.5. The summed E-state index contributed by atoms with van der Waals surface area (Å²) in [6.45, 7) is 4.19. The minimum absolute atomic E-state index is 0.0274. The molecule has 0 N–H and O–H groups in total. The Kier molecular flexibility index (Phi) is 5.69. The molecule has 1 aromatic heterocycles. The fraction of sp³-hybridized carbons (Fsp3) is 0.318. The quantitative estimate of drug-likeness (QED) is 0.489. The lowest BCUT2D eigenvalue weighted by Crippen LogP contribution is -2.21. The van der Waals surface area contributed by atoms with Crippen molar-refractivity contribution in [3.8, 4) is 17.1 Å². The molecular weight excluding hydrogens is 434 g/mol. The standard InChI is InChI=1S/C22H22BrN3OS/c1-14-11-15(2)13-18(12-14)26-21(16-7-9-17(23)10-8-16)24-25-22(26)28-20-6-4-3-5-19(20)27/h7-13,20H,3-6H2,1-2H3. The van der Waals surface area contributed by atoms with Crippen molar-refractivity contribution in [1.82, 2.24) is 14.8 Å². The maximum Gasteiger partial charge on any atom is 0.196 e. The summed E-state index contributed by atoms with van der Waals surface area (Å²) in [6.07, 6.45) is 3.69. The van der Waals surface area contributed by atoms with Gasteiger partial charge in [-0.2, -0.15) is 0 Å². The van der Waals surface area contributed by atoms with E-state index in [1.165, 1.54) is 11.1 Å². The molecular formula is C22H22BrN3OS. The number of benzene rings is 2. The predicted octanol–water partition coefficient (Wildman–Crippen LogP) is 5.92. The molecule has 1 heterocycles. The summed E-state index contributed by atoms with van der Waals surface area (Å²) in [6, 6.07) is 14.5. The second-order valence-electron chi connectivity index (χ2n) is 7.31. The summed E-state index contributed by atoms with van der Waals surface area (Å²) in [5.74, 6) is 1.12. The number of ketones is 1. The molecule has 28 heavy (non-hydrogen) atoms. The zero-order valence-corrected chi connectivity index (χ0v) is 18.4. The van der Waals surface area contributed by atoms with Crippen molar-refractivity contribution in [2.24, 2.45) is 0 Å². The van der Waals surface area contributed by atoms with Crippen molar-refractivity contribution in [3.63, 3.8) is 0 Å². The Morgan fingerprint density at radius 3 is 2.43 bits per heavy atom. The topological polar surface area (TPSA) is 47.8 Å². The first-order valence-electron chi connectivity index (χ1n) is 9.50. The average molecular weight is 456 g/mol. The lowest BCUT2D eigenvalue weighted by atomic mass is 9.99. The van der Waals surface area contributed by atoms with Crippen LogP contribution in [0.4, 0.5) is 0 Å². The summed E-state index contributed by atoms with van der Waals surface area (Å²) >= 11 is 5.05. The van der Waals surface area contributed by atoms with E-state index in [2.05, 4.69) is 62.7 Å². The zero-order valence-electron chi connectivity index (χ0n) is 16.0. The van der Waals surface area contributed by atoms with Gasteiger partial charge in [-0.3, -0.25) is 9.36 Å². The number of aryl methyl sites for hydroxylation is 2. The van der Waals surface area contributed by atoms with Crippen LogP contribution >= 0.6 is 27.7 Å². The third-order valence-electron chi connectivity index (χ3n) is 4.95. The number of thioether (sulfide) groups is 1. The lowest BCUT2D eigenvalue weighted by Gasteiger charge is -2.20. The van der Waals surface area contributed by atoms with Gasteiger partial charge in [-0.15, -0.1) is 10.2 Å².